The number of nitrogens with two attached hydrogens (primary N) is 1. The Balaban J connectivity index is 1.46. The smallest absolute Gasteiger partial charge is 0.241 e. The van der Waals surface area contributed by atoms with Crippen LogP contribution in [0, 0.1) is 29.9 Å². The fourth-order valence-electron chi connectivity index (χ4n) is 4.17. The standard InChI is InChI=1S/C20H22ClN3O2/c1-11-18(17(21)6-7-24(11)26)12-2-4-16(5-3-12)23-20(25)19(22)15-9-13-8-14(13)10-15/h2-7,13-15,19H,8-10,22H2,1H3,(H,23,25). The molecule has 3 atom stereocenters. The topological polar surface area (TPSA) is 82.1 Å². The van der Waals surface area contributed by atoms with Gasteiger partial charge < -0.3 is 16.3 Å². The summed E-state index contributed by atoms with van der Waals surface area (Å²) in [6.07, 6.45) is 4.87. The summed E-state index contributed by atoms with van der Waals surface area (Å²) in [4.78, 5) is 12.4. The number of nitrogens with zero attached hydrogens (tertiary/aromatic N) is 1. The molecule has 4 rings (SSSR count). The van der Waals surface area contributed by atoms with Crippen LogP contribution in [-0.4, -0.2) is 11.9 Å². The first-order chi connectivity index (χ1) is 12.4. The Morgan fingerprint density at radius 1 is 1.23 bits per heavy atom. The van der Waals surface area contributed by atoms with Gasteiger partial charge in [-0.1, -0.05) is 23.7 Å². The molecule has 2 aliphatic carbocycles. The van der Waals surface area contributed by atoms with Crippen LogP contribution in [0.15, 0.2) is 36.5 Å². The molecule has 26 heavy (non-hydrogen) atoms. The highest BCUT2D eigenvalue weighted by Crippen LogP contribution is 2.54. The van der Waals surface area contributed by atoms with Gasteiger partial charge in [0, 0.05) is 18.7 Å². The number of halogens is 1. The number of nitrogens with one attached hydrogen (secondary N) is 1. The van der Waals surface area contributed by atoms with Gasteiger partial charge in [0.05, 0.1) is 16.6 Å². The van der Waals surface area contributed by atoms with Gasteiger partial charge in [-0.05, 0) is 54.7 Å². The van der Waals surface area contributed by atoms with Crippen LogP contribution in [-0.2, 0) is 4.79 Å². The second kappa shape index (κ2) is 6.56. The maximum atomic E-state index is 12.4. The fourth-order valence-corrected chi connectivity index (χ4v) is 4.47. The van der Waals surface area contributed by atoms with E-state index in [2.05, 4.69) is 5.32 Å². The van der Waals surface area contributed by atoms with Crippen LogP contribution in [0.2, 0.25) is 5.02 Å². The molecular weight excluding hydrogens is 350 g/mol. The van der Waals surface area contributed by atoms with Gasteiger partial charge in [0.15, 0.2) is 11.9 Å². The number of carbonyl (C=O) groups excluding carboxylic acids is 1. The highest BCUT2D eigenvalue weighted by Gasteiger charge is 2.48. The Kier molecular flexibility index (Phi) is 4.37. The van der Waals surface area contributed by atoms with E-state index in [9.17, 15) is 10.0 Å². The van der Waals surface area contributed by atoms with E-state index in [1.54, 1.807) is 13.0 Å². The van der Waals surface area contributed by atoms with Gasteiger partial charge in [0.2, 0.25) is 5.91 Å². The van der Waals surface area contributed by atoms with Crippen molar-refractivity contribution in [1.29, 1.82) is 0 Å². The molecule has 2 fully saturated rings. The molecule has 2 aromatic rings. The Morgan fingerprint density at radius 3 is 2.54 bits per heavy atom. The monoisotopic (exact) mass is 371 g/mol. The zero-order valence-corrected chi connectivity index (χ0v) is 15.4. The molecule has 0 radical (unpaired) electrons. The number of amides is 1. The first-order valence-corrected chi connectivity index (χ1v) is 9.37. The summed E-state index contributed by atoms with van der Waals surface area (Å²) in [5.74, 6) is 1.79. The molecule has 0 bridgehead atoms. The van der Waals surface area contributed by atoms with E-state index >= 15 is 0 Å². The summed E-state index contributed by atoms with van der Waals surface area (Å²) < 4.78 is 0.794. The molecule has 5 nitrogen and oxygen atoms in total. The number of hydrogen-bond donors (Lipinski definition) is 2. The molecule has 6 heteroatoms. The zero-order valence-electron chi connectivity index (χ0n) is 14.6. The minimum absolute atomic E-state index is 0.129. The predicted molar refractivity (Wildman–Crippen MR) is 102 cm³/mol. The largest absolute Gasteiger partial charge is 0.618 e. The van der Waals surface area contributed by atoms with Crippen LogP contribution in [0.5, 0.6) is 0 Å². The number of carbonyl (C=O) groups is 1. The maximum absolute atomic E-state index is 12.4. The van der Waals surface area contributed by atoms with Crippen molar-refractivity contribution in [2.24, 2.45) is 23.5 Å². The van der Waals surface area contributed by atoms with Gasteiger partial charge in [0.25, 0.3) is 0 Å². The van der Waals surface area contributed by atoms with Crippen molar-refractivity contribution in [2.75, 3.05) is 5.32 Å². The fraction of sp³-hybridized carbons (Fsp3) is 0.400. The summed E-state index contributed by atoms with van der Waals surface area (Å²) in [6, 6.07) is 8.44. The minimum Gasteiger partial charge on any atom is -0.618 e. The van der Waals surface area contributed by atoms with Crippen molar-refractivity contribution in [3.63, 3.8) is 0 Å². The first kappa shape index (κ1) is 17.3. The normalized spacial score (nSPS) is 24.8. The second-order valence-electron chi connectivity index (χ2n) is 7.53. The third-order valence-electron chi connectivity index (χ3n) is 5.82. The first-order valence-electron chi connectivity index (χ1n) is 8.99. The lowest BCUT2D eigenvalue weighted by Gasteiger charge is -2.20. The average molecular weight is 372 g/mol. The number of aromatic nitrogens is 1. The molecule has 0 saturated heterocycles. The Morgan fingerprint density at radius 2 is 1.88 bits per heavy atom. The molecule has 1 aromatic carbocycles. The predicted octanol–water partition coefficient (Wildman–Crippen LogP) is 3.26. The molecular formula is C20H22ClN3O2. The molecule has 2 aliphatic rings. The molecule has 1 aromatic heterocycles. The third kappa shape index (κ3) is 3.17. The zero-order chi connectivity index (χ0) is 18.4. The Labute approximate surface area is 157 Å². The number of pyridine rings is 1. The van der Waals surface area contributed by atoms with E-state index in [4.69, 9.17) is 17.3 Å². The lowest BCUT2D eigenvalue weighted by Crippen LogP contribution is -2.41. The van der Waals surface area contributed by atoms with E-state index in [1.165, 1.54) is 12.6 Å². The van der Waals surface area contributed by atoms with E-state index in [0.717, 1.165) is 35.0 Å². The van der Waals surface area contributed by atoms with E-state index in [-0.39, 0.29) is 5.91 Å². The lowest BCUT2D eigenvalue weighted by atomic mass is 9.94. The van der Waals surface area contributed by atoms with Crippen LogP contribution < -0.4 is 15.8 Å². The van der Waals surface area contributed by atoms with E-state index < -0.39 is 6.04 Å². The average Bonchev–Trinajstić information content (AvgIpc) is 3.24. The number of anilines is 1. The van der Waals surface area contributed by atoms with Gasteiger partial charge >= 0.3 is 0 Å². The van der Waals surface area contributed by atoms with Crippen LogP contribution in [0.25, 0.3) is 11.1 Å². The quantitative estimate of drug-likeness (QED) is 0.639. The van der Waals surface area contributed by atoms with Crippen LogP contribution in [0.1, 0.15) is 25.0 Å². The van der Waals surface area contributed by atoms with Crippen molar-refractivity contribution in [1.82, 2.24) is 0 Å². The highest BCUT2D eigenvalue weighted by molar-refractivity contribution is 6.33. The van der Waals surface area contributed by atoms with Crippen molar-refractivity contribution in [3.8, 4) is 11.1 Å². The van der Waals surface area contributed by atoms with Gasteiger partial charge in [-0.15, -0.1) is 0 Å². The van der Waals surface area contributed by atoms with E-state index in [0.29, 0.717) is 27.9 Å². The van der Waals surface area contributed by atoms with Gasteiger partial charge in [-0.25, -0.2) is 0 Å². The van der Waals surface area contributed by atoms with Crippen molar-refractivity contribution >= 4 is 23.2 Å². The number of fused-ring (bicyclic) bond motifs is 1. The van der Waals surface area contributed by atoms with Gasteiger partial charge in [-0.2, -0.15) is 4.73 Å². The van der Waals surface area contributed by atoms with Gasteiger partial charge in [0.1, 0.15) is 0 Å². The summed E-state index contributed by atoms with van der Waals surface area (Å²) in [5, 5.41) is 15.2. The lowest BCUT2D eigenvalue weighted by molar-refractivity contribution is -0.611. The second-order valence-corrected chi connectivity index (χ2v) is 7.94. The SMILES string of the molecule is Cc1c(-c2ccc(NC(=O)C(N)C3CC4CC4C3)cc2)c(Cl)cc[n+]1[O-]. The summed E-state index contributed by atoms with van der Waals surface area (Å²) in [5.41, 5.74) is 8.92. The number of rotatable bonds is 4. The summed E-state index contributed by atoms with van der Waals surface area (Å²) >= 11 is 6.25. The van der Waals surface area contributed by atoms with Crippen LogP contribution in [0.3, 0.4) is 0 Å². The minimum atomic E-state index is -0.451. The Hall–Kier alpha value is -2.11. The molecule has 3 unspecified atom stereocenters. The molecule has 1 amide bonds. The third-order valence-corrected chi connectivity index (χ3v) is 6.13. The molecule has 1 heterocycles. The van der Waals surface area contributed by atoms with Crippen molar-refractivity contribution in [2.45, 2.75) is 32.2 Å². The van der Waals surface area contributed by atoms with Crippen LogP contribution >= 0.6 is 11.6 Å². The molecule has 0 aliphatic heterocycles. The van der Waals surface area contributed by atoms with Crippen molar-refractivity contribution < 1.29 is 9.52 Å². The molecule has 136 valence electrons. The maximum Gasteiger partial charge on any atom is 0.241 e. The van der Waals surface area contributed by atoms with Gasteiger partial charge in [-0.3, -0.25) is 4.79 Å². The number of benzene rings is 1. The molecule has 2 saturated carbocycles. The Bertz CT molecular complexity index is 843. The van der Waals surface area contributed by atoms with E-state index in [1.807, 2.05) is 24.3 Å². The molecule has 3 N–H and O–H groups in total. The summed E-state index contributed by atoms with van der Waals surface area (Å²) in [6.45, 7) is 1.73. The van der Waals surface area contributed by atoms with Crippen molar-refractivity contribution in [3.05, 3.63) is 52.5 Å². The highest BCUT2D eigenvalue weighted by atomic mass is 35.5. The number of hydrogen-bond acceptors (Lipinski definition) is 3. The van der Waals surface area contributed by atoms with Crippen LogP contribution in [0.4, 0.5) is 5.69 Å². The summed E-state index contributed by atoms with van der Waals surface area (Å²) in [7, 11) is 0. The molecule has 0 spiro atoms.